The van der Waals surface area contributed by atoms with Crippen LogP contribution in [-0.2, 0) is 6.54 Å². The number of thiol groups is 1. The van der Waals surface area contributed by atoms with Crippen LogP contribution >= 0.6 is 12.6 Å². The first-order valence-corrected chi connectivity index (χ1v) is 10.3. The summed E-state index contributed by atoms with van der Waals surface area (Å²) in [4.78, 5) is 12.6. The Hall–Kier alpha value is -2.05. The van der Waals surface area contributed by atoms with Crippen molar-refractivity contribution < 1.29 is 9.66 Å². The highest BCUT2D eigenvalue weighted by molar-refractivity contribution is 7.80. The minimum absolute atomic E-state index is 0.0972. The van der Waals surface area contributed by atoms with Crippen molar-refractivity contribution in [1.82, 2.24) is 4.90 Å². The zero-order valence-corrected chi connectivity index (χ0v) is 18.4. The van der Waals surface area contributed by atoms with E-state index in [1.165, 1.54) is 6.07 Å². The molecule has 10 heteroatoms. The zero-order valence-electron chi connectivity index (χ0n) is 17.5. The average molecular weight is 424 g/mol. The molecule has 1 heterocycles. The van der Waals surface area contributed by atoms with Gasteiger partial charge in [0.25, 0.3) is 0 Å². The second kappa shape index (κ2) is 8.83. The molecule has 3 rings (SSSR count). The summed E-state index contributed by atoms with van der Waals surface area (Å²) in [6, 6.07) is 12.6. The van der Waals surface area contributed by atoms with E-state index >= 15 is 0 Å². The maximum absolute atomic E-state index is 11.5. The van der Waals surface area contributed by atoms with Crippen LogP contribution in [0.3, 0.4) is 0 Å². The predicted molar refractivity (Wildman–Crippen MR) is 130 cm³/mol. The second-order valence-electron chi connectivity index (χ2n) is 7.91. The van der Waals surface area contributed by atoms with Crippen molar-refractivity contribution in [3.05, 3.63) is 75.3 Å². The number of nitrogens with zero attached hydrogens (tertiary/aromatic N) is 2. The largest absolute Gasteiger partial charge is 0.473 e. The normalized spacial score (nSPS) is 18.7. The van der Waals surface area contributed by atoms with Gasteiger partial charge in [-0.25, -0.2) is 0 Å². The Labute approximate surface area is 193 Å². The summed E-state index contributed by atoms with van der Waals surface area (Å²) in [6.45, 7) is 3.79. The molecule has 31 heavy (non-hydrogen) atoms. The van der Waals surface area contributed by atoms with Crippen LogP contribution in [0.2, 0.25) is 0 Å². The third-order valence-electron chi connectivity index (χ3n) is 5.18. The predicted octanol–water partition coefficient (Wildman–Crippen LogP) is 2.83. The van der Waals surface area contributed by atoms with E-state index in [2.05, 4.69) is 12.6 Å². The molecule has 0 aliphatic carbocycles. The van der Waals surface area contributed by atoms with Crippen LogP contribution in [0.4, 0.5) is 5.69 Å². The quantitative estimate of drug-likeness (QED) is 0.255. The van der Waals surface area contributed by atoms with E-state index in [1.807, 2.05) is 30.3 Å². The van der Waals surface area contributed by atoms with E-state index in [-0.39, 0.29) is 17.9 Å². The number of nitro groups is 1. The lowest BCUT2D eigenvalue weighted by Gasteiger charge is -2.54. The zero-order chi connectivity index (χ0) is 23.0. The minimum atomic E-state index is -1.45. The smallest absolute Gasteiger partial charge is 0.311 e. The van der Waals surface area contributed by atoms with Gasteiger partial charge in [-0.15, -0.1) is 12.6 Å². The maximum atomic E-state index is 11.5. The van der Waals surface area contributed by atoms with Gasteiger partial charge in [0.1, 0.15) is 5.44 Å². The first-order valence-electron chi connectivity index (χ1n) is 9.74. The van der Waals surface area contributed by atoms with Gasteiger partial charge in [-0.05, 0) is 59.3 Å². The van der Waals surface area contributed by atoms with Gasteiger partial charge in [0, 0.05) is 12.6 Å². The van der Waals surface area contributed by atoms with Gasteiger partial charge in [0.2, 0.25) is 0 Å². The van der Waals surface area contributed by atoms with Gasteiger partial charge in [-0.1, -0.05) is 36.4 Å². The second-order valence-corrected chi connectivity index (χ2v) is 8.63. The lowest BCUT2D eigenvalue weighted by atomic mass is 9.47. The number of benzene rings is 2. The summed E-state index contributed by atoms with van der Waals surface area (Å²) < 4.78 is 5.56. The molecular formula is C21H20B4N2O3S. The molecule has 0 spiro atoms. The molecule has 150 valence electrons. The van der Waals surface area contributed by atoms with Crippen molar-refractivity contribution in [2.75, 3.05) is 0 Å². The number of ether oxygens (including phenoxy) is 1. The minimum Gasteiger partial charge on any atom is -0.473 e. The van der Waals surface area contributed by atoms with Crippen LogP contribution in [0.1, 0.15) is 30.0 Å². The van der Waals surface area contributed by atoms with E-state index in [4.69, 9.17) is 36.1 Å². The van der Waals surface area contributed by atoms with Gasteiger partial charge >= 0.3 is 5.69 Å². The highest BCUT2D eigenvalue weighted by Gasteiger charge is 2.40. The molecular weight excluding hydrogens is 404 g/mol. The molecule has 5 nitrogen and oxygen atoms in total. The molecule has 2 aromatic rings. The van der Waals surface area contributed by atoms with Crippen molar-refractivity contribution in [3.8, 4) is 5.75 Å². The molecule has 0 aromatic heterocycles. The van der Waals surface area contributed by atoms with E-state index in [1.54, 1.807) is 30.9 Å². The van der Waals surface area contributed by atoms with Crippen LogP contribution in [0.25, 0.3) is 5.57 Å². The Morgan fingerprint density at radius 1 is 1.23 bits per heavy atom. The van der Waals surface area contributed by atoms with Crippen molar-refractivity contribution in [3.63, 3.8) is 0 Å². The van der Waals surface area contributed by atoms with Gasteiger partial charge in [0.15, 0.2) is 5.75 Å². The van der Waals surface area contributed by atoms with E-state index in [9.17, 15) is 10.1 Å². The fourth-order valence-corrected chi connectivity index (χ4v) is 3.95. The molecule has 8 radical (unpaired) electrons. The molecule has 0 N–H and O–H groups in total. The number of rotatable bonds is 6. The van der Waals surface area contributed by atoms with Gasteiger partial charge < -0.3 is 9.64 Å². The van der Waals surface area contributed by atoms with Crippen LogP contribution in [0, 0.1) is 17.0 Å². The van der Waals surface area contributed by atoms with Crippen LogP contribution in [0.15, 0.2) is 48.5 Å². The van der Waals surface area contributed by atoms with Crippen LogP contribution in [-0.4, -0.2) is 57.3 Å². The van der Waals surface area contributed by atoms with Crippen molar-refractivity contribution in [1.29, 1.82) is 0 Å². The Kier molecular flexibility index (Phi) is 6.72. The standard InChI is InChI=1S/C21H20B4N2O3S/c1-13-8-18(27(28)29)19(30-14(2)31)9-17(13)16-10-20(22,23)26(21(24,25)11-16)12-15-6-4-3-5-7-15/h3-10,14,31H,11-12H2,1-2H3. The Morgan fingerprint density at radius 3 is 2.42 bits per heavy atom. The number of nitro benzene ring substituents is 1. The van der Waals surface area contributed by atoms with Crippen molar-refractivity contribution >= 4 is 55.3 Å². The fraction of sp³-hybridized carbons (Fsp3) is 0.333. The molecule has 1 atom stereocenters. The van der Waals surface area contributed by atoms with E-state index < -0.39 is 21.0 Å². The molecule has 0 saturated heterocycles. The summed E-state index contributed by atoms with van der Waals surface area (Å²) in [5.41, 5.74) is 2.29. The highest BCUT2D eigenvalue weighted by Crippen LogP contribution is 2.41. The summed E-state index contributed by atoms with van der Waals surface area (Å²) in [7, 11) is 25.8. The maximum Gasteiger partial charge on any atom is 0.311 e. The highest BCUT2D eigenvalue weighted by atomic mass is 32.1. The fourth-order valence-electron chi connectivity index (χ4n) is 3.83. The van der Waals surface area contributed by atoms with Gasteiger partial charge in [-0.3, -0.25) is 10.1 Å². The summed E-state index contributed by atoms with van der Waals surface area (Å²) in [5.74, 6) is 0.0972. The molecule has 1 unspecified atom stereocenters. The Balaban J connectivity index is 2.05. The number of hydrogen-bond acceptors (Lipinski definition) is 5. The Bertz CT molecular complexity index is 1010. The first-order chi connectivity index (χ1) is 14.4. The first kappa shape index (κ1) is 23.6. The molecule has 0 amide bonds. The third-order valence-corrected chi connectivity index (χ3v) is 5.28. The molecule has 0 fully saturated rings. The van der Waals surface area contributed by atoms with Crippen LogP contribution < -0.4 is 4.74 Å². The van der Waals surface area contributed by atoms with Gasteiger partial charge in [0.05, 0.1) is 36.3 Å². The van der Waals surface area contributed by atoms with E-state index in [0.717, 1.165) is 5.56 Å². The monoisotopic (exact) mass is 424 g/mol. The Morgan fingerprint density at radius 2 is 1.87 bits per heavy atom. The van der Waals surface area contributed by atoms with E-state index in [0.29, 0.717) is 23.2 Å². The molecule has 2 aromatic carbocycles. The molecule has 1 aliphatic heterocycles. The SMILES string of the molecule is [B]C1([B])C=C(c2cc(OC(C)S)c([N+](=O)[O-])cc2C)CC([B])([B])N1Cc1ccccc1. The summed E-state index contributed by atoms with van der Waals surface area (Å²) >= 11 is 4.18. The third kappa shape index (κ3) is 5.24. The summed E-state index contributed by atoms with van der Waals surface area (Å²) in [5, 5.41) is 8.67. The topological polar surface area (TPSA) is 55.6 Å². The van der Waals surface area contributed by atoms with Crippen LogP contribution in [0.5, 0.6) is 5.75 Å². The lowest BCUT2D eigenvalue weighted by Crippen LogP contribution is -2.63. The molecule has 1 aliphatic rings. The number of hydrogen-bond donors (Lipinski definition) is 1. The summed E-state index contributed by atoms with van der Waals surface area (Å²) in [6.07, 6.45) is 1.92. The number of aryl methyl sites for hydroxylation is 1. The lowest BCUT2D eigenvalue weighted by molar-refractivity contribution is -0.386. The van der Waals surface area contributed by atoms with Crippen molar-refractivity contribution in [2.24, 2.45) is 0 Å². The average Bonchev–Trinajstić information content (AvgIpc) is 2.65. The van der Waals surface area contributed by atoms with Crippen molar-refractivity contribution in [2.45, 2.75) is 42.9 Å². The molecule has 0 saturated carbocycles. The van der Waals surface area contributed by atoms with Gasteiger partial charge in [-0.2, -0.15) is 0 Å². The molecule has 0 bridgehead atoms.